The van der Waals surface area contributed by atoms with Gasteiger partial charge in [0.25, 0.3) is 0 Å². The highest BCUT2D eigenvalue weighted by Crippen LogP contribution is 2.35. The van der Waals surface area contributed by atoms with E-state index < -0.39 is 0 Å². The summed E-state index contributed by atoms with van der Waals surface area (Å²) < 4.78 is 0. The molecule has 4 heteroatoms. The number of aromatic hydroxyl groups is 1. The minimum Gasteiger partial charge on any atom is -0.506 e. The molecule has 3 N–H and O–H groups in total. The van der Waals surface area contributed by atoms with Gasteiger partial charge >= 0.3 is 0 Å². The highest BCUT2D eigenvalue weighted by Gasteiger charge is 2.36. The van der Waals surface area contributed by atoms with Crippen molar-refractivity contribution in [1.29, 1.82) is 0 Å². The summed E-state index contributed by atoms with van der Waals surface area (Å²) in [6.45, 7) is 4.42. The second-order valence-electron chi connectivity index (χ2n) is 4.77. The van der Waals surface area contributed by atoms with Gasteiger partial charge in [-0.2, -0.15) is 0 Å². The first-order valence-corrected chi connectivity index (χ1v) is 5.58. The molecule has 1 aliphatic carbocycles. The Labute approximate surface area is 95.3 Å². The predicted molar refractivity (Wildman–Crippen MR) is 61.0 cm³/mol. The average Bonchev–Trinajstić information content (AvgIpc) is 2.99. The highest BCUT2D eigenvalue weighted by molar-refractivity contribution is 5.40. The lowest BCUT2D eigenvalue weighted by molar-refractivity contribution is 0.278. The van der Waals surface area contributed by atoms with Crippen LogP contribution in [-0.4, -0.2) is 20.7 Å². The molecule has 0 unspecified atom stereocenters. The summed E-state index contributed by atoms with van der Waals surface area (Å²) in [5.41, 5.74) is 2.29. The van der Waals surface area contributed by atoms with Crippen LogP contribution >= 0.6 is 0 Å². The van der Waals surface area contributed by atoms with Crippen molar-refractivity contribution in [2.24, 2.45) is 0 Å². The summed E-state index contributed by atoms with van der Waals surface area (Å²) in [6.07, 6.45) is 3.97. The molecule has 88 valence electrons. The summed E-state index contributed by atoms with van der Waals surface area (Å²) in [7, 11) is 0. The smallest absolute Gasteiger partial charge is 0.141 e. The first-order chi connectivity index (χ1) is 7.56. The van der Waals surface area contributed by atoms with Gasteiger partial charge in [0.2, 0.25) is 0 Å². The molecule has 4 nitrogen and oxygen atoms in total. The Kier molecular flexibility index (Phi) is 2.86. The molecule has 1 heterocycles. The van der Waals surface area contributed by atoms with Crippen LogP contribution in [0, 0.1) is 6.92 Å². The average molecular weight is 222 g/mol. The van der Waals surface area contributed by atoms with Crippen molar-refractivity contribution >= 4 is 0 Å². The molecule has 1 aliphatic rings. The number of rotatable bonds is 4. The van der Waals surface area contributed by atoms with Crippen LogP contribution in [0.1, 0.15) is 36.6 Å². The maximum atomic E-state index is 9.91. The predicted octanol–water partition coefficient (Wildman–Crippen LogP) is 1.23. The van der Waals surface area contributed by atoms with Crippen molar-refractivity contribution in [3.05, 3.63) is 23.0 Å². The Morgan fingerprint density at radius 3 is 2.75 bits per heavy atom. The van der Waals surface area contributed by atoms with Gasteiger partial charge in [0.05, 0.1) is 12.3 Å². The van der Waals surface area contributed by atoms with Crippen LogP contribution in [-0.2, 0) is 13.2 Å². The molecule has 0 atom stereocenters. The van der Waals surface area contributed by atoms with Gasteiger partial charge in [0.1, 0.15) is 5.75 Å². The zero-order valence-electron chi connectivity index (χ0n) is 9.75. The van der Waals surface area contributed by atoms with Crippen molar-refractivity contribution in [3.8, 4) is 5.75 Å². The fraction of sp³-hybridized carbons (Fsp3) is 0.583. The Bertz CT molecular complexity index is 400. The molecule has 0 spiro atoms. The van der Waals surface area contributed by atoms with Gasteiger partial charge in [-0.1, -0.05) is 0 Å². The maximum absolute atomic E-state index is 9.91. The first kappa shape index (κ1) is 11.4. The molecule has 2 rings (SSSR count). The number of pyridine rings is 1. The van der Waals surface area contributed by atoms with E-state index in [9.17, 15) is 10.2 Å². The van der Waals surface area contributed by atoms with E-state index in [-0.39, 0.29) is 17.9 Å². The number of aliphatic hydroxyl groups excluding tert-OH is 1. The van der Waals surface area contributed by atoms with Crippen molar-refractivity contribution in [1.82, 2.24) is 10.3 Å². The third-order valence-corrected chi connectivity index (χ3v) is 3.29. The van der Waals surface area contributed by atoms with E-state index in [1.165, 1.54) is 12.8 Å². The molecule has 16 heavy (non-hydrogen) atoms. The highest BCUT2D eigenvalue weighted by atomic mass is 16.3. The molecule has 1 aromatic rings. The molecule has 0 saturated heterocycles. The lowest BCUT2D eigenvalue weighted by Gasteiger charge is -2.15. The van der Waals surface area contributed by atoms with Crippen LogP contribution in [0.5, 0.6) is 5.75 Å². The van der Waals surface area contributed by atoms with Crippen molar-refractivity contribution in [2.75, 3.05) is 0 Å². The van der Waals surface area contributed by atoms with Gasteiger partial charge in [0, 0.05) is 29.4 Å². The normalized spacial score (nSPS) is 17.4. The molecule has 0 radical (unpaired) electrons. The molecule has 0 aromatic carbocycles. The summed E-state index contributed by atoms with van der Waals surface area (Å²) in [5.74, 6) is 0.198. The zero-order chi connectivity index (χ0) is 11.8. The van der Waals surface area contributed by atoms with Gasteiger partial charge in [-0.25, -0.2) is 0 Å². The fourth-order valence-electron chi connectivity index (χ4n) is 1.68. The van der Waals surface area contributed by atoms with Crippen molar-refractivity contribution < 1.29 is 10.2 Å². The summed E-state index contributed by atoms with van der Waals surface area (Å²) in [6, 6.07) is 0. The van der Waals surface area contributed by atoms with E-state index in [1.807, 2.05) is 0 Å². The van der Waals surface area contributed by atoms with E-state index in [0.717, 1.165) is 5.56 Å². The number of nitrogens with one attached hydrogen (secondary N) is 1. The fourth-order valence-corrected chi connectivity index (χ4v) is 1.68. The third kappa shape index (κ3) is 2.18. The number of hydrogen-bond donors (Lipinski definition) is 3. The summed E-state index contributed by atoms with van der Waals surface area (Å²) >= 11 is 0. The van der Waals surface area contributed by atoms with E-state index >= 15 is 0 Å². The molecule has 0 aliphatic heterocycles. The van der Waals surface area contributed by atoms with Crippen LogP contribution in [0.3, 0.4) is 0 Å². The number of aryl methyl sites for hydroxylation is 1. The minimum absolute atomic E-state index is 0.0887. The van der Waals surface area contributed by atoms with Crippen molar-refractivity contribution in [3.63, 3.8) is 0 Å². The third-order valence-electron chi connectivity index (χ3n) is 3.29. The van der Waals surface area contributed by atoms with Gasteiger partial charge in [-0.05, 0) is 26.7 Å². The van der Waals surface area contributed by atoms with Gasteiger partial charge in [-0.3, -0.25) is 4.98 Å². The molecule has 0 bridgehead atoms. The number of hydrogen-bond acceptors (Lipinski definition) is 4. The van der Waals surface area contributed by atoms with Gasteiger partial charge in [-0.15, -0.1) is 0 Å². The SMILES string of the molecule is Cc1ncc(CO)c(CNC2(C)CC2)c1O. The van der Waals surface area contributed by atoms with Crippen LogP contribution in [0.4, 0.5) is 0 Å². The standard InChI is InChI=1S/C12H18N2O2/c1-8-11(16)10(9(7-15)5-13-8)6-14-12(2)3-4-12/h5,14-16H,3-4,6-7H2,1-2H3. The maximum Gasteiger partial charge on any atom is 0.141 e. The minimum atomic E-state index is -0.0887. The topological polar surface area (TPSA) is 65.4 Å². The zero-order valence-corrected chi connectivity index (χ0v) is 9.75. The van der Waals surface area contributed by atoms with E-state index in [4.69, 9.17) is 0 Å². The summed E-state index contributed by atoms with van der Waals surface area (Å²) in [4.78, 5) is 4.03. The van der Waals surface area contributed by atoms with Crippen LogP contribution in [0.2, 0.25) is 0 Å². The molecule has 0 amide bonds. The van der Waals surface area contributed by atoms with Gasteiger partial charge < -0.3 is 15.5 Å². The van der Waals surface area contributed by atoms with E-state index in [1.54, 1.807) is 13.1 Å². The largest absolute Gasteiger partial charge is 0.506 e. The van der Waals surface area contributed by atoms with E-state index in [0.29, 0.717) is 17.8 Å². The van der Waals surface area contributed by atoms with Crippen LogP contribution in [0.25, 0.3) is 0 Å². The molecule has 1 aromatic heterocycles. The monoisotopic (exact) mass is 222 g/mol. The molecular formula is C12H18N2O2. The Morgan fingerprint density at radius 2 is 2.19 bits per heavy atom. The van der Waals surface area contributed by atoms with Crippen LogP contribution in [0.15, 0.2) is 6.20 Å². The molecular weight excluding hydrogens is 204 g/mol. The van der Waals surface area contributed by atoms with E-state index in [2.05, 4.69) is 17.2 Å². The molecule has 1 saturated carbocycles. The Balaban J connectivity index is 2.19. The number of aromatic nitrogens is 1. The quantitative estimate of drug-likeness (QED) is 0.717. The number of nitrogens with zero attached hydrogens (tertiary/aromatic N) is 1. The van der Waals surface area contributed by atoms with Crippen molar-refractivity contribution in [2.45, 2.75) is 45.4 Å². The Hall–Kier alpha value is -1.13. The number of aliphatic hydroxyl groups is 1. The second kappa shape index (κ2) is 4.03. The molecule has 1 fully saturated rings. The first-order valence-electron chi connectivity index (χ1n) is 5.58. The lowest BCUT2D eigenvalue weighted by Crippen LogP contribution is -2.27. The lowest BCUT2D eigenvalue weighted by atomic mass is 10.1. The second-order valence-corrected chi connectivity index (χ2v) is 4.77. The van der Waals surface area contributed by atoms with Gasteiger partial charge in [0.15, 0.2) is 0 Å². The summed E-state index contributed by atoms with van der Waals surface area (Å²) in [5, 5.41) is 22.5. The van der Waals surface area contributed by atoms with Crippen LogP contribution < -0.4 is 5.32 Å². The Morgan fingerprint density at radius 1 is 1.50 bits per heavy atom.